The molecule has 0 spiro atoms. The van der Waals surface area contributed by atoms with Gasteiger partial charge in [0.2, 0.25) is 0 Å². The number of aliphatic hydroxyl groups is 1. The number of carbonyl (C=O) groups is 2. The molecule has 0 bridgehead atoms. The van der Waals surface area contributed by atoms with E-state index in [0.29, 0.717) is 33.5 Å². The van der Waals surface area contributed by atoms with Crippen LogP contribution < -0.4 is 10.6 Å². The SMILES string of the molecule is C=Cc1cc(C(C)(C)C)cc(F)c1C(=O)N(C)c1cccc(-n2cc(C(N)=O)c3cncnc32)c1CO. The summed E-state index contributed by atoms with van der Waals surface area (Å²) in [5, 5.41) is 10.8. The summed E-state index contributed by atoms with van der Waals surface area (Å²) in [4.78, 5) is 35.2. The maximum absolute atomic E-state index is 15.3. The normalized spacial score (nSPS) is 11.5. The minimum Gasteiger partial charge on any atom is -0.392 e. The van der Waals surface area contributed by atoms with Gasteiger partial charge in [-0.2, -0.15) is 0 Å². The molecular formula is C28H28FN5O3. The highest BCUT2D eigenvalue weighted by atomic mass is 19.1. The number of rotatable bonds is 6. The quantitative estimate of drug-likeness (QED) is 0.407. The minimum absolute atomic E-state index is 0.116. The highest BCUT2D eigenvalue weighted by Gasteiger charge is 2.26. The van der Waals surface area contributed by atoms with Crippen molar-refractivity contribution in [1.29, 1.82) is 0 Å². The molecule has 37 heavy (non-hydrogen) atoms. The average molecular weight is 502 g/mol. The molecule has 0 aliphatic carbocycles. The number of aromatic nitrogens is 3. The van der Waals surface area contributed by atoms with Crippen LogP contribution >= 0.6 is 0 Å². The lowest BCUT2D eigenvalue weighted by Gasteiger charge is -2.25. The molecule has 0 atom stereocenters. The molecular weight excluding hydrogens is 473 g/mol. The highest BCUT2D eigenvalue weighted by Crippen LogP contribution is 2.33. The van der Waals surface area contributed by atoms with E-state index in [1.807, 2.05) is 20.8 Å². The summed E-state index contributed by atoms with van der Waals surface area (Å²) in [6, 6.07) is 8.19. The van der Waals surface area contributed by atoms with Crippen molar-refractivity contribution in [2.24, 2.45) is 5.73 Å². The Morgan fingerprint density at radius 3 is 2.62 bits per heavy atom. The van der Waals surface area contributed by atoms with Crippen molar-refractivity contribution >= 4 is 34.6 Å². The summed E-state index contributed by atoms with van der Waals surface area (Å²) in [5.74, 6) is -1.91. The van der Waals surface area contributed by atoms with Crippen LogP contribution in [0.15, 0.2) is 55.6 Å². The van der Waals surface area contributed by atoms with Crippen molar-refractivity contribution in [3.8, 4) is 5.69 Å². The number of amides is 2. The van der Waals surface area contributed by atoms with Crippen LogP contribution in [0.4, 0.5) is 10.1 Å². The first kappa shape index (κ1) is 25.7. The lowest BCUT2D eigenvalue weighted by molar-refractivity contribution is 0.0984. The lowest BCUT2D eigenvalue weighted by atomic mass is 9.84. The first-order valence-corrected chi connectivity index (χ1v) is 11.6. The Balaban J connectivity index is 1.86. The molecule has 0 saturated heterocycles. The van der Waals surface area contributed by atoms with Gasteiger partial charge in [0.25, 0.3) is 11.8 Å². The molecule has 3 N–H and O–H groups in total. The number of fused-ring (bicyclic) bond motifs is 1. The number of nitrogens with two attached hydrogens (primary N) is 1. The largest absolute Gasteiger partial charge is 0.392 e. The highest BCUT2D eigenvalue weighted by molar-refractivity contribution is 6.09. The van der Waals surface area contributed by atoms with Crippen LogP contribution in [0.3, 0.4) is 0 Å². The molecule has 2 heterocycles. The van der Waals surface area contributed by atoms with Gasteiger partial charge in [0.05, 0.1) is 34.5 Å². The van der Waals surface area contributed by atoms with E-state index < -0.39 is 24.2 Å². The first-order chi connectivity index (χ1) is 17.5. The summed E-state index contributed by atoms with van der Waals surface area (Å²) in [7, 11) is 1.51. The predicted molar refractivity (Wildman–Crippen MR) is 141 cm³/mol. The van der Waals surface area contributed by atoms with Crippen LogP contribution in [0.2, 0.25) is 0 Å². The van der Waals surface area contributed by atoms with Crippen LogP contribution in [0, 0.1) is 5.82 Å². The summed E-state index contributed by atoms with van der Waals surface area (Å²) >= 11 is 0. The maximum Gasteiger partial charge on any atom is 0.261 e. The van der Waals surface area contributed by atoms with Gasteiger partial charge in [0.15, 0.2) is 0 Å². The fraction of sp³-hybridized carbons (Fsp3) is 0.214. The molecule has 0 fully saturated rings. The van der Waals surface area contributed by atoms with Gasteiger partial charge in [-0.25, -0.2) is 14.4 Å². The van der Waals surface area contributed by atoms with Gasteiger partial charge in [0, 0.05) is 25.0 Å². The standard InChI is InChI=1S/C28H28FN5O3/c1-6-16-10-17(28(2,3)4)11-21(29)24(16)27(37)33(5)22-8-7-9-23(20(22)14-35)34-13-19(25(30)36)18-12-31-15-32-26(18)34/h6-13,15,35H,1,14H2,2-5H3,(H2,30,36). The van der Waals surface area contributed by atoms with E-state index in [1.165, 1.54) is 42.8 Å². The van der Waals surface area contributed by atoms with Gasteiger partial charge in [-0.05, 0) is 34.7 Å². The van der Waals surface area contributed by atoms with E-state index in [1.54, 1.807) is 28.8 Å². The van der Waals surface area contributed by atoms with Gasteiger partial charge in [-0.15, -0.1) is 0 Å². The van der Waals surface area contributed by atoms with E-state index >= 15 is 4.39 Å². The van der Waals surface area contributed by atoms with Crippen molar-refractivity contribution in [3.05, 3.63) is 89.3 Å². The third-order valence-corrected chi connectivity index (χ3v) is 6.36. The second-order valence-electron chi connectivity index (χ2n) is 9.71. The monoisotopic (exact) mass is 501 g/mol. The Morgan fingerprint density at radius 1 is 1.27 bits per heavy atom. The van der Waals surface area contributed by atoms with Gasteiger partial charge in [-0.3, -0.25) is 14.2 Å². The molecule has 9 heteroatoms. The van der Waals surface area contributed by atoms with Crippen LogP contribution in [-0.4, -0.2) is 38.5 Å². The second kappa shape index (κ2) is 9.59. The summed E-state index contributed by atoms with van der Waals surface area (Å²) in [5.41, 5.74) is 8.05. The number of benzene rings is 2. The van der Waals surface area contributed by atoms with Gasteiger partial charge >= 0.3 is 0 Å². The number of primary amides is 1. The fourth-order valence-electron chi connectivity index (χ4n) is 4.33. The Bertz CT molecular complexity index is 1550. The Kier molecular flexibility index (Phi) is 6.66. The van der Waals surface area contributed by atoms with E-state index in [9.17, 15) is 14.7 Å². The van der Waals surface area contributed by atoms with Gasteiger partial charge in [-0.1, -0.05) is 45.6 Å². The van der Waals surface area contributed by atoms with E-state index in [0.717, 1.165) is 5.56 Å². The average Bonchev–Trinajstić information content (AvgIpc) is 3.26. The zero-order valence-corrected chi connectivity index (χ0v) is 21.1. The molecule has 2 amide bonds. The number of halogens is 1. The Morgan fingerprint density at radius 2 is 2.00 bits per heavy atom. The van der Waals surface area contributed by atoms with Crippen LogP contribution in [0.1, 0.15) is 58.2 Å². The van der Waals surface area contributed by atoms with Crippen molar-refractivity contribution in [1.82, 2.24) is 14.5 Å². The number of hydrogen-bond donors (Lipinski definition) is 2. The van der Waals surface area contributed by atoms with Crippen LogP contribution in [-0.2, 0) is 12.0 Å². The summed E-state index contributed by atoms with van der Waals surface area (Å²) in [6.45, 7) is 9.21. The Hall–Kier alpha value is -4.37. The minimum atomic E-state index is -0.654. The smallest absolute Gasteiger partial charge is 0.261 e. The third-order valence-electron chi connectivity index (χ3n) is 6.36. The van der Waals surface area contributed by atoms with Crippen LogP contribution in [0.25, 0.3) is 22.8 Å². The molecule has 0 saturated carbocycles. The topological polar surface area (TPSA) is 114 Å². The van der Waals surface area contributed by atoms with Crippen molar-refractivity contribution in [3.63, 3.8) is 0 Å². The molecule has 0 aliphatic heterocycles. The zero-order chi connectivity index (χ0) is 27.1. The van der Waals surface area contributed by atoms with E-state index in [2.05, 4.69) is 16.5 Å². The van der Waals surface area contributed by atoms with Crippen LogP contribution in [0.5, 0.6) is 0 Å². The number of carbonyl (C=O) groups excluding carboxylic acids is 2. The van der Waals surface area contributed by atoms with E-state index in [-0.39, 0.29) is 16.5 Å². The maximum atomic E-state index is 15.3. The number of aliphatic hydroxyl groups excluding tert-OH is 1. The molecule has 0 aliphatic rings. The molecule has 0 unspecified atom stereocenters. The number of anilines is 1. The summed E-state index contributed by atoms with van der Waals surface area (Å²) < 4.78 is 16.9. The molecule has 4 aromatic rings. The molecule has 2 aromatic heterocycles. The predicted octanol–water partition coefficient (Wildman–Crippen LogP) is 4.37. The fourth-order valence-corrected chi connectivity index (χ4v) is 4.33. The molecule has 2 aromatic carbocycles. The number of hydrogen-bond acceptors (Lipinski definition) is 5. The first-order valence-electron chi connectivity index (χ1n) is 11.6. The van der Waals surface area contributed by atoms with Crippen molar-refractivity contribution in [2.45, 2.75) is 32.8 Å². The zero-order valence-electron chi connectivity index (χ0n) is 21.1. The third kappa shape index (κ3) is 4.49. The van der Waals surface area contributed by atoms with Gasteiger partial charge < -0.3 is 15.7 Å². The lowest BCUT2D eigenvalue weighted by Crippen LogP contribution is -2.29. The molecule has 0 radical (unpaired) electrons. The second-order valence-corrected chi connectivity index (χ2v) is 9.71. The molecule has 8 nitrogen and oxygen atoms in total. The molecule has 4 rings (SSSR count). The van der Waals surface area contributed by atoms with Crippen molar-refractivity contribution < 1.29 is 19.1 Å². The van der Waals surface area contributed by atoms with Gasteiger partial charge in [0.1, 0.15) is 17.8 Å². The number of nitrogens with zero attached hydrogens (tertiary/aromatic N) is 4. The molecule has 190 valence electrons. The van der Waals surface area contributed by atoms with Crippen molar-refractivity contribution in [2.75, 3.05) is 11.9 Å². The summed E-state index contributed by atoms with van der Waals surface area (Å²) in [6.07, 6.45) is 5.79. The Labute approximate surface area is 213 Å². The van der Waals surface area contributed by atoms with E-state index in [4.69, 9.17) is 5.73 Å².